The minimum Gasteiger partial charge on any atom is -0.481 e. The summed E-state index contributed by atoms with van der Waals surface area (Å²) in [5.74, 6) is -2.08. The molecule has 1 saturated carbocycles. The van der Waals surface area contributed by atoms with Gasteiger partial charge in [0.25, 0.3) is 5.91 Å². The Balaban J connectivity index is 1.46. The second-order valence-electron chi connectivity index (χ2n) is 9.29. The van der Waals surface area contributed by atoms with Crippen molar-refractivity contribution in [3.63, 3.8) is 0 Å². The fraction of sp³-hybridized carbons (Fsp3) is 0.609. The molecule has 31 heavy (non-hydrogen) atoms. The summed E-state index contributed by atoms with van der Waals surface area (Å²) in [5.41, 5.74) is 1.69. The highest BCUT2D eigenvalue weighted by Crippen LogP contribution is 2.49. The predicted octanol–water partition coefficient (Wildman–Crippen LogP) is 2.81. The molecule has 1 aromatic heterocycles. The number of fused-ring (bicyclic) bond motifs is 3. The van der Waals surface area contributed by atoms with Crippen LogP contribution in [0.4, 0.5) is 5.00 Å². The highest BCUT2D eigenvalue weighted by Gasteiger charge is 2.52. The van der Waals surface area contributed by atoms with Gasteiger partial charge in [-0.25, -0.2) is 0 Å². The third-order valence-corrected chi connectivity index (χ3v) is 8.48. The van der Waals surface area contributed by atoms with Crippen molar-refractivity contribution < 1.29 is 24.2 Å². The average molecular weight is 445 g/mol. The number of allylic oxidation sites excluding steroid dienone is 2. The van der Waals surface area contributed by atoms with Crippen molar-refractivity contribution in [3.8, 4) is 0 Å². The summed E-state index contributed by atoms with van der Waals surface area (Å²) >= 11 is 1.50. The van der Waals surface area contributed by atoms with Crippen molar-refractivity contribution >= 4 is 34.1 Å². The van der Waals surface area contributed by atoms with Gasteiger partial charge in [-0.15, -0.1) is 11.3 Å². The fourth-order valence-corrected chi connectivity index (χ4v) is 7.11. The van der Waals surface area contributed by atoms with E-state index in [0.717, 1.165) is 24.8 Å². The summed E-state index contributed by atoms with van der Waals surface area (Å²) in [6.07, 6.45) is 7.41. The van der Waals surface area contributed by atoms with E-state index in [1.165, 1.54) is 16.2 Å². The molecule has 3 aliphatic carbocycles. The number of carbonyl (C=O) groups is 3. The standard InChI is InChI=1S/C23H28N2O5S/c1-12-2-5-15-16(10-12)31-21(19(15)22(27)25-6-8-30-9-7-25)24-20(26)17-13-3-4-14(11-13)18(17)23(28)29/h3-4,12-14,17-18H,2,5-11H2,1H3,(H,24,26)(H,28,29)/t12-,13-,14+,17-,18+/m1/s1. The number of hydrogen-bond donors (Lipinski definition) is 2. The number of nitrogens with one attached hydrogen (secondary N) is 1. The average Bonchev–Trinajstić information content (AvgIpc) is 3.46. The third kappa shape index (κ3) is 3.59. The lowest BCUT2D eigenvalue weighted by molar-refractivity contribution is -0.146. The van der Waals surface area contributed by atoms with Crippen molar-refractivity contribution in [1.29, 1.82) is 0 Å². The first-order chi connectivity index (χ1) is 14.9. The van der Waals surface area contributed by atoms with E-state index in [-0.39, 0.29) is 23.7 Å². The Morgan fingerprint density at radius 1 is 1.16 bits per heavy atom. The van der Waals surface area contributed by atoms with E-state index < -0.39 is 17.8 Å². The number of hydrogen-bond acceptors (Lipinski definition) is 5. The Bertz CT molecular complexity index is 948. The van der Waals surface area contributed by atoms with Crippen molar-refractivity contribution in [2.75, 3.05) is 31.6 Å². The topological polar surface area (TPSA) is 95.9 Å². The summed E-state index contributed by atoms with van der Waals surface area (Å²) in [4.78, 5) is 41.6. The van der Waals surface area contributed by atoms with Crippen molar-refractivity contribution in [1.82, 2.24) is 4.90 Å². The summed E-state index contributed by atoms with van der Waals surface area (Å²) < 4.78 is 5.40. The number of carboxylic acids is 1. The van der Waals surface area contributed by atoms with Crippen molar-refractivity contribution in [3.05, 3.63) is 28.2 Å². The zero-order valence-electron chi connectivity index (χ0n) is 17.6. The maximum atomic E-state index is 13.5. The summed E-state index contributed by atoms with van der Waals surface area (Å²) in [7, 11) is 0. The molecule has 0 unspecified atom stereocenters. The van der Waals surface area contributed by atoms with E-state index in [2.05, 4.69) is 12.2 Å². The summed E-state index contributed by atoms with van der Waals surface area (Å²) in [6, 6.07) is 0. The Kier molecular flexibility index (Phi) is 5.38. The zero-order valence-corrected chi connectivity index (χ0v) is 18.5. The number of morpholine rings is 1. The second kappa shape index (κ2) is 8.06. The second-order valence-corrected chi connectivity index (χ2v) is 10.4. The van der Waals surface area contributed by atoms with Crippen LogP contribution in [0.1, 0.15) is 40.6 Å². The molecule has 8 heteroatoms. The highest BCUT2D eigenvalue weighted by atomic mass is 32.1. The van der Waals surface area contributed by atoms with Gasteiger partial charge in [0.2, 0.25) is 5.91 Å². The van der Waals surface area contributed by atoms with Gasteiger partial charge in [0.1, 0.15) is 5.00 Å². The minimum absolute atomic E-state index is 0.0425. The smallest absolute Gasteiger partial charge is 0.307 e. The van der Waals surface area contributed by atoms with Gasteiger partial charge in [-0.3, -0.25) is 14.4 Å². The van der Waals surface area contributed by atoms with Crippen molar-refractivity contribution in [2.24, 2.45) is 29.6 Å². The number of thiophene rings is 1. The van der Waals surface area contributed by atoms with Crippen LogP contribution in [-0.2, 0) is 27.2 Å². The van der Waals surface area contributed by atoms with Gasteiger partial charge in [0.05, 0.1) is 30.6 Å². The Labute approximate surface area is 185 Å². The Morgan fingerprint density at radius 3 is 2.58 bits per heavy atom. The minimum atomic E-state index is -0.916. The molecule has 5 rings (SSSR count). The molecule has 2 heterocycles. The van der Waals surface area contributed by atoms with Crippen LogP contribution in [0, 0.1) is 29.6 Å². The number of amides is 2. The predicted molar refractivity (Wildman–Crippen MR) is 116 cm³/mol. The molecule has 0 aromatic carbocycles. The van der Waals surface area contributed by atoms with Crippen LogP contribution in [0.15, 0.2) is 12.2 Å². The zero-order chi connectivity index (χ0) is 21.7. The van der Waals surface area contributed by atoms with E-state index in [1.807, 2.05) is 12.2 Å². The number of carbonyl (C=O) groups excluding carboxylic acids is 2. The monoisotopic (exact) mass is 444 g/mol. The van der Waals surface area contributed by atoms with Crippen LogP contribution in [0.2, 0.25) is 0 Å². The molecule has 1 aromatic rings. The van der Waals surface area contributed by atoms with Crippen LogP contribution in [0.3, 0.4) is 0 Å². The molecule has 1 saturated heterocycles. The van der Waals surface area contributed by atoms with E-state index in [9.17, 15) is 19.5 Å². The molecule has 1 aliphatic heterocycles. The number of rotatable bonds is 4. The van der Waals surface area contributed by atoms with Crippen molar-refractivity contribution in [2.45, 2.75) is 32.6 Å². The van der Waals surface area contributed by atoms with Gasteiger partial charge in [-0.05, 0) is 49.0 Å². The lowest BCUT2D eigenvalue weighted by Gasteiger charge is -2.28. The first-order valence-electron chi connectivity index (χ1n) is 11.2. The van der Waals surface area contributed by atoms with Crippen LogP contribution in [0.25, 0.3) is 0 Å². The van der Waals surface area contributed by atoms with Gasteiger partial charge in [-0.1, -0.05) is 19.1 Å². The molecular weight excluding hydrogens is 416 g/mol. The fourth-order valence-electron chi connectivity index (χ4n) is 5.70. The number of anilines is 1. The molecule has 7 nitrogen and oxygen atoms in total. The Morgan fingerprint density at radius 2 is 1.87 bits per heavy atom. The van der Waals surface area contributed by atoms with E-state index in [1.54, 1.807) is 4.90 Å². The lowest BCUT2D eigenvalue weighted by Crippen LogP contribution is -2.41. The number of nitrogens with zero attached hydrogens (tertiary/aromatic N) is 1. The Hall–Kier alpha value is -2.19. The number of aliphatic carboxylic acids is 1. The highest BCUT2D eigenvalue weighted by molar-refractivity contribution is 7.17. The van der Waals surface area contributed by atoms with Gasteiger partial charge >= 0.3 is 5.97 Å². The molecule has 2 amide bonds. The summed E-state index contributed by atoms with van der Waals surface area (Å²) in [6.45, 7) is 4.35. The van der Waals surface area contributed by atoms with Crippen LogP contribution < -0.4 is 5.32 Å². The largest absolute Gasteiger partial charge is 0.481 e. The van der Waals surface area contributed by atoms with E-state index in [4.69, 9.17) is 4.74 Å². The van der Waals surface area contributed by atoms with Gasteiger partial charge in [0, 0.05) is 18.0 Å². The van der Waals surface area contributed by atoms with E-state index >= 15 is 0 Å². The molecule has 166 valence electrons. The van der Waals surface area contributed by atoms with Crippen LogP contribution >= 0.6 is 11.3 Å². The number of carboxylic acid groups (broad SMARTS) is 1. The van der Waals surface area contributed by atoms with Gasteiger partial charge < -0.3 is 20.1 Å². The quantitative estimate of drug-likeness (QED) is 0.697. The molecule has 2 bridgehead atoms. The first-order valence-corrected chi connectivity index (χ1v) is 12.0. The van der Waals surface area contributed by atoms with Gasteiger partial charge in [0.15, 0.2) is 0 Å². The molecule has 5 atom stereocenters. The van der Waals surface area contributed by atoms with Gasteiger partial charge in [-0.2, -0.15) is 0 Å². The molecular formula is C23H28N2O5S. The summed E-state index contributed by atoms with van der Waals surface area (Å²) in [5, 5.41) is 13.3. The normalized spacial score (nSPS) is 31.5. The number of ether oxygens (including phenoxy) is 1. The van der Waals surface area contributed by atoms with Crippen LogP contribution in [0.5, 0.6) is 0 Å². The molecule has 2 N–H and O–H groups in total. The molecule has 2 fully saturated rings. The maximum absolute atomic E-state index is 13.5. The molecule has 0 radical (unpaired) electrons. The SMILES string of the molecule is C[C@@H]1CCc2c(sc(NC(=O)[C@H]3[C@@H](C(=O)O)[C@H]4C=C[C@@H]3C4)c2C(=O)N2CCOCC2)C1. The van der Waals surface area contributed by atoms with E-state index in [0.29, 0.717) is 49.2 Å². The molecule has 4 aliphatic rings. The maximum Gasteiger partial charge on any atom is 0.307 e. The first kappa shape index (κ1) is 20.7. The third-order valence-electron chi connectivity index (χ3n) is 7.31. The van der Waals surface area contributed by atoms with Crippen LogP contribution in [-0.4, -0.2) is 54.1 Å². The lowest BCUT2D eigenvalue weighted by atomic mass is 9.82. The molecule has 0 spiro atoms.